The Balaban J connectivity index is 2.16. The number of hydrogen-bond donors (Lipinski definition) is 1. The summed E-state index contributed by atoms with van der Waals surface area (Å²) in [5, 5.41) is 0. The van der Waals surface area contributed by atoms with E-state index in [1.165, 1.54) is 0 Å². The van der Waals surface area contributed by atoms with Crippen molar-refractivity contribution in [2.24, 2.45) is 11.1 Å². The second-order valence-corrected chi connectivity index (χ2v) is 5.76. The van der Waals surface area contributed by atoms with E-state index in [0.29, 0.717) is 36.7 Å². The highest BCUT2D eigenvalue weighted by molar-refractivity contribution is 5.95. The number of benzene rings is 1. The third-order valence-electron chi connectivity index (χ3n) is 3.46. The fourth-order valence-corrected chi connectivity index (χ4v) is 2.12. The Morgan fingerprint density at radius 2 is 2.05 bits per heavy atom. The SMILES string of the molecule is CCN(CC(C)(C)CN)C(=O)c1ccc2c(c1)OCO2. The summed E-state index contributed by atoms with van der Waals surface area (Å²) < 4.78 is 10.6. The number of fused-ring (bicyclic) bond motifs is 1. The minimum Gasteiger partial charge on any atom is -0.454 e. The smallest absolute Gasteiger partial charge is 0.254 e. The molecule has 0 unspecified atom stereocenters. The van der Waals surface area contributed by atoms with Crippen LogP contribution in [0.1, 0.15) is 31.1 Å². The average Bonchev–Trinajstić information content (AvgIpc) is 2.91. The normalized spacial score (nSPS) is 13.4. The number of ether oxygens (including phenoxy) is 2. The summed E-state index contributed by atoms with van der Waals surface area (Å²) in [5.74, 6) is 1.31. The number of carbonyl (C=O) groups is 1. The van der Waals surface area contributed by atoms with Gasteiger partial charge in [0.25, 0.3) is 5.91 Å². The van der Waals surface area contributed by atoms with E-state index in [0.717, 1.165) is 0 Å². The summed E-state index contributed by atoms with van der Waals surface area (Å²) in [6.45, 7) is 8.12. The van der Waals surface area contributed by atoms with Crippen molar-refractivity contribution in [3.63, 3.8) is 0 Å². The first-order chi connectivity index (χ1) is 9.46. The predicted molar refractivity (Wildman–Crippen MR) is 77.0 cm³/mol. The average molecular weight is 278 g/mol. The molecule has 0 aliphatic carbocycles. The molecule has 0 spiro atoms. The van der Waals surface area contributed by atoms with Gasteiger partial charge in [-0.2, -0.15) is 0 Å². The van der Waals surface area contributed by atoms with Crippen molar-refractivity contribution in [1.82, 2.24) is 4.90 Å². The van der Waals surface area contributed by atoms with Gasteiger partial charge in [0.1, 0.15) is 0 Å². The summed E-state index contributed by atoms with van der Waals surface area (Å²) in [7, 11) is 0. The number of carbonyl (C=O) groups excluding carboxylic acids is 1. The van der Waals surface area contributed by atoms with Crippen molar-refractivity contribution in [2.45, 2.75) is 20.8 Å². The molecule has 5 heteroatoms. The van der Waals surface area contributed by atoms with Gasteiger partial charge in [0.15, 0.2) is 11.5 Å². The van der Waals surface area contributed by atoms with Gasteiger partial charge in [-0.1, -0.05) is 13.8 Å². The summed E-state index contributed by atoms with van der Waals surface area (Å²) in [5.41, 5.74) is 6.27. The van der Waals surface area contributed by atoms with Crippen LogP contribution in [0.25, 0.3) is 0 Å². The van der Waals surface area contributed by atoms with Crippen LogP contribution in [0.2, 0.25) is 0 Å². The maximum absolute atomic E-state index is 12.6. The first kappa shape index (κ1) is 14.7. The lowest BCUT2D eigenvalue weighted by atomic mass is 9.93. The molecular weight excluding hydrogens is 256 g/mol. The molecule has 0 fully saturated rings. The van der Waals surface area contributed by atoms with Crippen LogP contribution < -0.4 is 15.2 Å². The monoisotopic (exact) mass is 278 g/mol. The van der Waals surface area contributed by atoms with E-state index in [1.54, 1.807) is 18.2 Å². The van der Waals surface area contributed by atoms with E-state index in [4.69, 9.17) is 15.2 Å². The third kappa shape index (κ3) is 3.04. The maximum atomic E-state index is 12.6. The Labute approximate surface area is 119 Å². The Morgan fingerprint density at radius 3 is 2.70 bits per heavy atom. The molecule has 0 saturated carbocycles. The van der Waals surface area contributed by atoms with Crippen molar-refractivity contribution < 1.29 is 14.3 Å². The fraction of sp³-hybridized carbons (Fsp3) is 0.533. The molecule has 0 aromatic heterocycles. The summed E-state index contributed by atoms with van der Waals surface area (Å²) in [6.07, 6.45) is 0. The topological polar surface area (TPSA) is 64.8 Å². The van der Waals surface area contributed by atoms with E-state index in [2.05, 4.69) is 13.8 Å². The van der Waals surface area contributed by atoms with Crippen molar-refractivity contribution in [2.75, 3.05) is 26.4 Å². The number of amides is 1. The molecule has 2 N–H and O–H groups in total. The van der Waals surface area contributed by atoms with Crippen LogP contribution in [0.4, 0.5) is 0 Å². The van der Waals surface area contributed by atoms with Crippen molar-refractivity contribution in [3.8, 4) is 11.5 Å². The van der Waals surface area contributed by atoms with Gasteiger partial charge < -0.3 is 20.1 Å². The highest BCUT2D eigenvalue weighted by atomic mass is 16.7. The molecule has 1 heterocycles. The molecule has 1 aliphatic heterocycles. The molecule has 0 atom stereocenters. The number of rotatable bonds is 5. The second kappa shape index (κ2) is 5.71. The number of nitrogens with two attached hydrogens (primary N) is 1. The minimum atomic E-state index is -0.0952. The highest BCUT2D eigenvalue weighted by Crippen LogP contribution is 2.33. The first-order valence-electron chi connectivity index (χ1n) is 6.86. The predicted octanol–water partition coefficient (Wildman–Crippen LogP) is 1.86. The fourth-order valence-electron chi connectivity index (χ4n) is 2.12. The Hall–Kier alpha value is -1.75. The van der Waals surface area contributed by atoms with E-state index < -0.39 is 0 Å². The van der Waals surface area contributed by atoms with Crippen LogP contribution in [0, 0.1) is 5.41 Å². The molecule has 0 radical (unpaired) electrons. The van der Waals surface area contributed by atoms with Gasteiger partial charge in [0.2, 0.25) is 6.79 Å². The van der Waals surface area contributed by atoms with E-state index in [9.17, 15) is 4.79 Å². The van der Waals surface area contributed by atoms with Crippen LogP contribution in [-0.2, 0) is 0 Å². The zero-order chi connectivity index (χ0) is 14.8. The number of nitrogens with zero attached hydrogens (tertiary/aromatic N) is 1. The van der Waals surface area contributed by atoms with Crippen LogP contribution >= 0.6 is 0 Å². The molecular formula is C15H22N2O3. The van der Waals surface area contributed by atoms with Gasteiger partial charge in [0, 0.05) is 18.7 Å². The standard InChI is InChI=1S/C15H22N2O3/c1-4-17(9-15(2,3)8-16)14(18)11-5-6-12-13(7-11)20-10-19-12/h5-7H,4,8-10,16H2,1-3H3. The van der Waals surface area contributed by atoms with Crippen molar-refractivity contribution >= 4 is 5.91 Å². The number of hydrogen-bond acceptors (Lipinski definition) is 4. The van der Waals surface area contributed by atoms with Gasteiger partial charge in [0.05, 0.1) is 0 Å². The van der Waals surface area contributed by atoms with Crippen LogP contribution in [0.5, 0.6) is 11.5 Å². The van der Waals surface area contributed by atoms with E-state index >= 15 is 0 Å². The lowest BCUT2D eigenvalue weighted by molar-refractivity contribution is 0.0700. The van der Waals surface area contributed by atoms with Crippen LogP contribution in [0.15, 0.2) is 18.2 Å². The molecule has 1 aromatic rings. The Bertz CT molecular complexity index is 500. The van der Waals surface area contributed by atoms with Crippen molar-refractivity contribution in [1.29, 1.82) is 0 Å². The lowest BCUT2D eigenvalue weighted by Gasteiger charge is -2.31. The summed E-state index contributed by atoms with van der Waals surface area (Å²) in [4.78, 5) is 14.4. The molecule has 0 bridgehead atoms. The maximum Gasteiger partial charge on any atom is 0.254 e. The van der Waals surface area contributed by atoms with Gasteiger partial charge in [-0.05, 0) is 37.1 Å². The summed E-state index contributed by atoms with van der Waals surface area (Å²) in [6, 6.07) is 5.29. The van der Waals surface area contributed by atoms with Gasteiger partial charge >= 0.3 is 0 Å². The second-order valence-electron chi connectivity index (χ2n) is 5.76. The molecule has 5 nitrogen and oxygen atoms in total. The van der Waals surface area contributed by atoms with Crippen molar-refractivity contribution in [3.05, 3.63) is 23.8 Å². The van der Waals surface area contributed by atoms with Gasteiger partial charge in [-0.15, -0.1) is 0 Å². The van der Waals surface area contributed by atoms with Gasteiger partial charge in [-0.25, -0.2) is 0 Å². The zero-order valence-corrected chi connectivity index (χ0v) is 12.3. The minimum absolute atomic E-state index is 0.00711. The highest BCUT2D eigenvalue weighted by Gasteiger charge is 2.25. The Morgan fingerprint density at radius 1 is 1.35 bits per heavy atom. The lowest BCUT2D eigenvalue weighted by Crippen LogP contribution is -2.41. The molecule has 110 valence electrons. The zero-order valence-electron chi connectivity index (χ0n) is 12.3. The molecule has 1 aliphatic rings. The van der Waals surface area contributed by atoms with E-state index in [-0.39, 0.29) is 18.1 Å². The summed E-state index contributed by atoms with van der Waals surface area (Å²) >= 11 is 0. The largest absolute Gasteiger partial charge is 0.454 e. The van der Waals surface area contributed by atoms with E-state index in [1.807, 2.05) is 11.8 Å². The van der Waals surface area contributed by atoms with Gasteiger partial charge in [-0.3, -0.25) is 4.79 Å². The van der Waals surface area contributed by atoms with Crippen LogP contribution in [-0.4, -0.2) is 37.2 Å². The Kier molecular flexibility index (Phi) is 4.18. The molecule has 1 amide bonds. The third-order valence-corrected chi connectivity index (χ3v) is 3.46. The molecule has 1 aromatic carbocycles. The molecule has 0 saturated heterocycles. The van der Waals surface area contributed by atoms with Crippen LogP contribution in [0.3, 0.4) is 0 Å². The quantitative estimate of drug-likeness (QED) is 0.893. The molecule has 20 heavy (non-hydrogen) atoms. The molecule has 2 rings (SSSR count). The first-order valence-corrected chi connectivity index (χ1v) is 6.86.